The summed E-state index contributed by atoms with van der Waals surface area (Å²) in [4.78, 5) is 16.8. The quantitative estimate of drug-likeness (QED) is 0.538. The van der Waals surface area contributed by atoms with E-state index in [1.54, 1.807) is 37.3 Å². The summed E-state index contributed by atoms with van der Waals surface area (Å²) < 4.78 is 0. The number of nitrogen functional groups attached to an aromatic ring is 1. The molecular weight excluding hydrogens is 398 g/mol. The van der Waals surface area contributed by atoms with Crippen molar-refractivity contribution in [2.75, 3.05) is 11.1 Å². The Labute approximate surface area is 177 Å². The van der Waals surface area contributed by atoms with E-state index in [-0.39, 0.29) is 39.2 Å². The molecule has 1 aromatic heterocycles. The summed E-state index contributed by atoms with van der Waals surface area (Å²) in [6.07, 6.45) is 0. The average Bonchev–Trinajstić information content (AvgIpc) is 2.74. The van der Waals surface area contributed by atoms with Gasteiger partial charge >= 0.3 is 0 Å². The third-order valence-electron chi connectivity index (χ3n) is 4.29. The number of nitrogens with zero attached hydrogens (tertiary/aromatic N) is 3. The second kappa shape index (κ2) is 8.99. The van der Waals surface area contributed by atoms with Crippen LogP contribution in [0.2, 0.25) is 0 Å². The summed E-state index contributed by atoms with van der Waals surface area (Å²) >= 11 is 1.05. The number of nitrogens with one attached hydrogen (secondary N) is 1. The van der Waals surface area contributed by atoms with E-state index in [0.29, 0.717) is 11.3 Å². The Kier molecular flexibility index (Phi) is 6.21. The molecule has 0 aliphatic heterocycles. The summed E-state index contributed by atoms with van der Waals surface area (Å²) in [7, 11) is 0. The average molecular weight is 415 g/mol. The minimum Gasteiger partial charge on any atom is -0.507 e. The van der Waals surface area contributed by atoms with Gasteiger partial charge in [0.2, 0.25) is 5.91 Å². The van der Waals surface area contributed by atoms with Crippen LogP contribution in [0, 0.1) is 22.7 Å². The highest BCUT2D eigenvalue weighted by molar-refractivity contribution is 8.00. The van der Waals surface area contributed by atoms with Gasteiger partial charge in [0.05, 0.1) is 10.8 Å². The number of nitrogens with two attached hydrogens (primary N) is 1. The molecular formula is C22H17N5O2S. The molecule has 7 nitrogen and oxygen atoms in total. The number of para-hydroxylation sites is 2. The number of hydrogen-bond acceptors (Lipinski definition) is 7. The Balaban J connectivity index is 2.02. The molecule has 0 saturated heterocycles. The van der Waals surface area contributed by atoms with Gasteiger partial charge in [0, 0.05) is 16.8 Å². The first-order valence-corrected chi connectivity index (χ1v) is 9.78. The summed E-state index contributed by atoms with van der Waals surface area (Å²) in [6.45, 7) is 1.68. The number of aromatic nitrogens is 1. The van der Waals surface area contributed by atoms with Crippen molar-refractivity contribution >= 4 is 29.2 Å². The lowest BCUT2D eigenvalue weighted by atomic mass is 9.96. The SMILES string of the molecule is CC(Sc1nc(N)c(C#N)c(-c2ccccc2O)c1C#N)C(=O)Nc1ccccc1. The highest BCUT2D eigenvalue weighted by Gasteiger charge is 2.25. The van der Waals surface area contributed by atoms with E-state index in [2.05, 4.69) is 16.4 Å². The zero-order valence-electron chi connectivity index (χ0n) is 16.0. The second-order valence-corrected chi connectivity index (χ2v) is 7.61. The third-order valence-corrected chi connectivity index (χ3v) is 5.37. The topological polar surface area (TPSA) is 136 Å². The maximum atomic E-state index is 12.6. The highest BCUT2D eigenvalue weighted by Crippen LogP contribution is 2.40. The number of rotatable bonds is 5. The summed E-state index contributed by atoms with van der Waals surface area (Å²) in [5.41, 5.74) is 7.20. The van der Waals surface area contributed by atoms with E-state index in [4.69, 9.17) is 5.73 Å². The number of nitriles is 2. The minimum atomic E-state index is -0.602. The number of benzene rings is 2. The van der Waals surface area contributed by atoms with Crippen LogP contribution < -0.4 is 11.1 Å². The second-order valence-electron chi connectivity index (χ2n) is 6.28. The maximum Gasteiger partial charge on any atom is 0.237 e. The molecule has 30 heavy (non-hydrogen) atoms. The Morgan fingerprint density at radius 2 is 1.73 bits per heavy atom. The van der Waals surface area contributed by atoms with Crippen molar-refractivity contribution in [3.05, 3.63) is 65.7 Å². The first kappa shape index (κ1) is 20.7. The van der Waals surface area contributed by atoms with E-state index in [0.717, 1.165) is 11.8 Å². The first-order valence-electron chi connectivity index (χ1n) is 8.90. The van der Waals surface area contributed by atoms with E-state index in [1.165, 1.54) is 6.07 Å². The van der Waals surface area contributed by atoms with Crippen LogP contribution in [0.4, 0.5) is 11.5 Å². The smallest absolute Gasteiger partial charge is 0.237 e. The standard InChI is InChI=1S/C22H17N5O2S/c1-13(21(29)26-14-7-3-2-4-8-14)30-22-17(12-24)19(16(11-23)20(25)27-22)15-9-5-6-10-18(15)28/h2-10,13,28H,1H3,(H2,25,27)(H,26,29). The minimum absolute atomic E-state index is 0.00112. The molecule has 0 spiro atoms. The van der Waals surface area contributed by atoms with Crippen molar-refractivity contribution in [1.29, 1.82) is 10.5 Å². The van der Waals surface area contributed by atoms with E-state index < -0.39 is 5.25 Å². The van der Waals surface area contributed by atoms with Crippen LogP contribution in [0.25, 0.3) is 11.1 Å². The molecule has 3 aromatic rings. The molecule has 1 amide bonds. The van der Waals surface area contributed by atoms with Crippen molar-refractivity contribution in [3.63, 3.8) is 0 Å². The van der Waals surface area contributed by atoms with Crippen LogP contribution in [0.15, 0.2) is 59.6 Å². The summed E-state index contributed by atoms with van der Waals surface area (Å²) in [5, 5.41) is 32.1. The van der Waals surface area contributed by atoms with Crippen LogP contribution >= 0.6 is 11.8 Å². The van der Waals surface area contributed by atoms with Crippen LogP contribution in [-0.2, 0) is 4.79 Å². The van der Waals surface area contributed by atoms with Crippen LogP contribution in [0.3, 0.4) is 0 Å². The molecule has 3 rings (SSSR count). The van der Waals surface area contributed by atoms with Gasteiger partial charge in [0.25, 0.3) is 0 Å². The number of phenols is 1. The van der Waals surface area contributed by atoms with Crippen molar-refractivity contribution in [2.24, 2.45) is 0 Å². The van der Waals surface area contributed by atoms with Gasteiger partial charge < -0.3 is 16.2 Å². The molecule has 0 aliphatic carbocycles. The van der Waals surface area contributed by atoms with E-state index in [9.17, 15) is 20.4 Å². The van der Waals surface area contributed by atoms with Gasteiger partial charge in [-0.3, -0.25) is 4.79 Å². The number of hydrogen-bond donors (Lipinski definition) is 3. The molecule has 0 bridgehead atoms. The Morgan fingerprint density at radius 3 is 2.37 bits per heavy atom. The number of aromatic hydroxyl groups is 1. The molecule has 0 radical (unpaired) electrons. The molecule has 0 fully saturated rings. The lowest BCUT2D eigenvalue weighted by Gasteiger charge is -2.16. The van der Waals surface area contributed by atoms with Crippen molar-refractivity contribution in [2.45, 2.75) is 17.2 Å². The van der Waals surface area contributed by atoms with Gasteiger partial charge in [-0.1, -0.05) is 48.2 Å². The molecule has 1 unspecified atom stereocenters. The molecule has 2 aromatic carbocycles. The number of thioether (sulfide) groups is 1. The lowest BCUT2D eigenvalue weighted by molar-refractivity contribution is -0.115. The van der Waals surface area contributed by atoms with Gasteiger partial charge in [-0.15, -0.1) is 0 Å². The first-order chi connectivity index (χ1) is 14.5. The van der Waals surface area contributed by atoms with Gasteiger partial charge in [-0.05, 0) is 25.1 Å². The molecule has 8 heteroatoms. The van der Waals surface area contributed by atoms with E-state index in [1.807, 2.05) is 24.3 Å². The number of carbonyl (C=O) groups excluding carboxylic acids is 1. The molecule has 148 valence electrons. The third kappa shape index (κ3) is 4.19. The van der Waals surface area contributed by atoms with Crippen molar-refractivity contribution < 1.29 is 9.90 Å². The zero-order chi connectivity index (χ0) is 21.7. The van der Waals surface area contributed by atoms with Gasteiger partial charge in [-0.2, -0.15) is 10.5 Å². The van der Waals surface area contributed by atoms with Crippen molar-refractivity contribution in [1.82, 2.24) is 4.98 Å². The summed E-state index contributed by atoms with van der Waals surface area (Å²) in [6, 6.07) is 19.4. The fourth-order valence-electron chi connectivity index (χ4n) is 2.82. The fraction of sp³-hybridized carbons (Fsp3) is 0.0909. The van der Waals surface area contributed by atoms with Crippen LogP contribution in [0.1, 0.15) is 18.1 Å². The highest BCUT2D eigenvalue weighted by atomic mass is 32.2. The number of amides is 1. The normalized spacial score (nSPS) is 11.2. The van der Waals surface area contributed by atoms with Gasteiger partial charge in [-0.25, -0.2) is 4.98 Å². The molecule has 0 aliphatic rings. The van der Waals surface area contributed by atoms with E-state index >= 15 is 0 Å². The predicted octanol–water partition coefficient (Wildman–Crippen LogP) is 3.90. The monoisotopic (exact) mass is 415 g/mol. The maximum absolute atomic E-state index is 12.6. The number of phenolic OH excluding ortho intramolecular Hbond substituents is 1. The Morgan fingerprint density at radius 1 is 1.10 bits per heavy atom. The molecule has 0 saturated carbocycles. The number of pyridine rings is 1. The lowest BCUT2D eigenvalue weighted by Crippen LogP contribution is -2.22. The van der Waals surface area contributed by atoms with Gasteiger partial charge in [0.1, 0.15) is 34.3 Å². The molecule has 4 N–H and O–H groups in total. The Bertz CT molecular complexity index is 1180. The van der Waals surface area contributed by atoms with Crippen molar-refractivity contribution in [3.8, 4) is 29.0 Å². The Hall–Kier alpha value is -4.01. The van der Waals surface area contributed by atoms with Crippen LogP contribution in [0.5, 0.6) is 5.75 Å². The molecule has 1 atom stereocenters. The van der Waals surface area contributed by atoms with Gasteiger partial charge in [0.15, 0.2) is 0 Å². The largest absolute Gasteiger partial charge is 0.507 e. The predicted molar refractivity (Wildman–Crippen MR) is 116 cm³/mol. The zero-order valence-corrected chi connectivity index (χ0v) is 16.8. The summed E-state index contributed by atoms with van der Waals surface area (Å²) in [5.74, 6) is -0.446. The fourth-order valence-corrected chi connectivity index (χ4v) is 3.74. The number of carbonyl (C=O) groups is 1. The van der Waals surface area contributed by atoms with Crippen LogP contribution in [-0.4, -0.2) is 21.2 Å². The number of anilines is 2. The molecule has 1 heterocycles.